The molecule has 5 rings (SSSR count). The van der Waals surface area contributed by atoms with Gasteiger partial charge in [-0.1, -0.05) is 31.5 Å². The van der Waals surface area contributed by atoms with Crippen LogP contribution in [0.5, 0.6) is 5.75 Å². The first-order valence-corrected chi connectivity index (χ1v) is 14.7. The minimum Gasteiger partial charge on any atom is -0.496 e. The van der Waals surface area contributed by atoms with Crippen molar-refractivity contribution >= 4 is 18.0 Å². The van der Waals surface area contributed by atoms with Gasteiger partial charge in [0, 0.05) is 35.8 Å². The Morgan fingerprint density at radius 3 is 2.42 bits per heavy atom. The SMILES string of the molecule is COC(=O)CC(C)(C)c1ccc(OC)c(-c2cnc(N3CCC3)nc2CN2C(=O)O[C@H](c3cc(C)cc(C(F)(F)F)c3)[C@@H]2C)c1. The highest BCUT2D eigenvalue weighted by molar-refractivity contribution is 5.76. The first kappa shape index (κ1) is 32.1. The number of alkyl halides is 3. The van der Waals surface area contributed by atoms with Crippen molar-refractivity contribution in [1.82, 2.24) is 14.9 Å². The molecule has 1 aromatic heterocycles. The fraction of sp³-hybridized carbons (Fsp3) is 0.455. The quantitative estimate of drug-likeness (QED) is 0.245. The van der Waals surface area contributed by atoms with Crippen molar-refractivity contribution < 1.29 is 37.0 Å². The lowest BCUT2D eigenvalue weighted by Gasteiger charge is -2.31. The summed E-state index contributed by atoms with van der Waals surface area (Å²) in [4.78, 5) is 38.4. The molecule has 0 radical (unpaired) electrons. The van der Waals surface area contributed by atoms with Crippen LogP contribution in [0.1, 0.15) is 67.7 Å². The number of esters is 1. The van der Waals surface area contributed by atoms with E-state index in [2.05, 4.69) is 4.98 Å². The third-order valence-electron chi connectivity index (χ3n) is 8.55. The maximum Gasteiger partial charge on any atom is 0.416 e. The van der Waals surface area contributed by atoms with E-state index in [9.17, 15) is 22.8 Å². The molecule has 3 aromatic rings. The van der Waals surface area contributed by atoms with Crippen molar-refractivity contribution in [2.24, 2.45) is 0 Å². The largest absolute Gasteiger partial charge is 0.496 e. The van der Waals surface area contributed by atoms with Gasteiger partial charge in [-0.3, -0.25) is 9.69 Å². The summed E-state index contributed by atoms with van der Waals surface area (Å²) in [6, 6.07) is 8.75. The molecule has 0 unspecified atom stereocenters. The summed E-state index contributed by atoms with van der Waals surface area (Å²) >= 11 is 0. The summed E-state index contributed by atoms with van der Waals surface area (Å²) in [5.41, 5.74) is 1.99. The van der Waals surface area contributed by atoms with Crippen LogP contribution in [0.15, 0.2) is 42.6 Å². The maximum atomic E-state index is 13.6. The molecular formula is C33H37F3N4O5. The summed E-state index contributed by atoms with van der Waals surface area (Å²) < 4.78 is 57.1. The number of methoxy groups -OCH3 is 2. The zero-order valence-corrected chi connectivity index (χ0v) is 26.2. The fourth-order valence-electron chi connectivity index (χ4n) is 5.76. The molecule has 3 heterocycles. The summed E-state index contributed by atoms with van der Waals surface area (Å²) in [5.74, 6) is 0.724. The van der Waals surface area contributed by atoms with E-state index in [1.807, 2.05) is 36.9 Å². The fourth-order valence-corrected chi connectivity index (χ4v) is 5.76. The van der Waals surface area contributed by atoms with Gasteiger partial charge in [0.25, 0.3) is 0 Å². The van der Waals surface area contributed by atoms with Crippen LogP contribution in [0.4, 0.5) is 23.9 Å². The van der Waals surface area contributed by atoms with E-state index >= 15 is 0 Å². The average Bonchev–Trinajstić information content (AvgIpc) is 3.23. The average molecular weight is 627 g/mol. The number of benzene rings is 2. The zero-order chi connectivity index (χ0) is 32.7. The molecule has 1 amide bonds. The number of carbonyl (C=O) groups is 2. The topological polar surface area (TPSA) is 94.1 Å². The summed E-state index contributed by atoms with van der Waals surface area (Å²) in [7, 11) is 2.90. The highest BCUT2D eigenvalue weighted by atomic mass is 19.4. The molecule has 2 aromatic carbocycles. The number of amides is 1. The highest BCUT2D eigenvalue weighted by Gasteiger charge is 2.42. The van der Waals surface area contributed by atoms with Crippen molar-refractivity contribution in [3.05, 3.63) is 70.5 Å². The monoisotopic (exact) mass is 626 g/mol. The molecule has 0 saturated carbocycles. The van der Waals surface area contributed by atoms with Gasteiger partial charge < -0.3 is 19.1 Å². The Morgan fingerprint density at radius 1 is 1.07 bits per heavy atom. The Hall–Kier alpha value is -4.35. The molecule has 240 valence electrons. The van der Waals surface area contributed by atoms with E-state index in [0.717, 1.165) is 37.2 Å². The zero-order valence-electron chi connectivity index (χ0n) is 26.2. The minimum atomic E-state index is -4.53. The third-order valence-corrected chi connectivity index (χ3v) is 8.55. The molecule has 9 nitrogen and oxygen atoms in total. The molecule has 2 fully saturated rings. The van der Waals surface area contributed by atoms with Gasteiger partial charge in [-0.2, -0.15) is 13.2 Å². The molecule has 2 atom stereocenters. The Balaban J connectivity index is 1.54. The Labute approximate surface area is 260 Å². The molecular weight excluding hydrogens is 589 g/mol. The van der Waals surface area contributed by atoms with Crippen molar-refractivity contribution in [3.63, 3.8) is 0 Å². The smallest absolute Gasteiger partial charge is 0.416 e. The van der Waals surface area contributed by atoms with Crippen LogP contribution in [0, 0.1) is 6.92 Å². The van der Waals surface area contributed by atoms with E-state index in [4.69, 9.17) is 19.2 Å². The first-order chi connectivity index (χ1) is 21.2. The van der Waals surface area contributed by atoms with Gasteiger partial charge in [-0.05, 0) is 55.7 Å². The summed E-state index contributed by atoms with van der Waals surface area (Å²) in [6.07, 6.45) is -3.23. The number of carbonyl (C=O) groups excluding carboxylic acids is 2. The molecule has 0 bridgehead atoms. The first-order valence-electron chi connectivity index (χ1n) is 14.7. The summed E-state index contributed by atoms with van der Waals surface area (Å²) in [6.45, 7) is 8.84. The van der Waals surface area contributed by atoms with Crippen molar-refractivity contribution in [2.45, 2.75) is 70.8 Å². The lowest BCUT2D eigenvalue weighted by Crippen LogP contribution is -2.39. The molecule has 2 aliphatic rings. The van der Waals surface area contributed by atoms with E-state index in [0.29, 0.717) is 34.1 Å². The number of hydrogen-bond donors (Lipinski definition) is 0. The number of cyclic esters (lactones) is 1. The van der Waals surface area contributed by atoms with Gasteiger partial charge in [0.2, 0.25) is 5.95 Å². The van der Waals surface area contributed by atoms with E-state index in [1.54, 1.807) is 33.2 Å². The molecule has 2 saturated heterocycles. The molecule has 2 aliphatic heterocycles. The van der Waals surface area contributed by atoms with Crippen LogP contribution in [0.2, 0.25) is 0 Å². The Bertz CT molecular complexity index is 1610. The number of aryl methyl sites for hydroxylation is 1. The van der Waals surface area contributed by atoms with Crippen molar-refractivity contribution in [2.75, 3.05) is 32.2 Å². The van der Waals surface area contributed by atoms with Crippen LogP contribution >= 0.6 is 0 Å². The standard InChI is InChI=1S/C33H37F3N4O5/c1-19-12-21(14-23(13-19)33(34,35)36)29-20(2)40(31(42)45-29)18-26-25(17-37-30(38-26)39-10-7-11-39)24-15-22(8-9-27(24)43-5)32(3,4)16-28(41)44-6/h8-9,12-15,17,20,29H,7,10-11,16,18H2,1-6H3/t20-,29-/m0/s1. The lowest BCUT2D eigenvalue weighted by atomic mass is 9.80. The van der Waals surface area contributed by atoms with Crippen LogP contribution in [0.3, 0.4) is 0 Å². The van der Waals surface area contributed by atoms with Gasteiger partial charge in [0.05, 0.1) is 44.5 Å². The van der Waals surface area contributed by atoms with Crippen LogP contribution in [0.25, 0.3) is 11.1 Å². The molecule has 0 spiro atoms. The second kappa shape index (κ2) is 12.2. The molecule has 45 heavy (non-hydrogen) atoms. The number of ether oxygens (including phenoxy) is 3. The van der Waals surface area contributed by atoms with E-state index in [-0.39, 0.29) is 24.5 Å². The minimum absolute atomic E-state index is 0.0199. The molecule has 0 aliphatic carbocycles. The second-order valence-electron chi connectivity index (χ2n) is 12.2. The van der Waals surface area contributed by atoms with Gasteiger partial charge in [-0.15, -0.1) is 0 Å². The molecule has 12 heteroatoms. The predicted molar refractivity (Wildman–Crippen MR) is 161 cm³/mol. The second-order valence-corrected chi connectivity index (χ2v) is 12.2. The van der Waals surface area contributed by atoms with Crippen LogP contribution in [-0.4, -0.2) is 60.3 Å². The number of nitrogens with zero attached hydrogens (tertiary/aromatic N) is 4. The highest BCUT2D eigenvalue weighted by Crippen LogP contribution is 2.41. The van der Waals surface area contributed by atoms with E-state index in [1.165, 1.54) is 12.0 Å². The lowest BCUT2D eigenvalue weighted by molar-refractivity contribution is -0.142. The van der Waals surface area contributed by atoms with Gasteiger partial charge in [0.15, 0.2) is 0 Å². The molecule has 0 N–H and O–H groups in total. The van der Waals surface area contributed by atoms with Crippen LogP contribution < -0.4 is 9.64 Å². The maximum absolute atomic E-state index is 13.6. The number of rotatable bonds is 9. The third kappa shape index (κ3) is 6.55. The van der Waals surface area contributed by atoms with Gasteiger partial charge in [-0.25, -0.2) is 14.8 Å². The van der Waals surface area contributed by atoms with Crippen LogP contribution in [-0.2, 0) is 32.4 Å². The number of anilines is 1. The van der Waals surface area contributed by atoms with Gasteiger partial charge >= 0.3 is 18.2 Å². The number of hydrogen-bond acceptors (Lipinski definition) is 8. The number of aromatic nitrogens is 2. The van der Waals surface area contributed by atoms with Gasteiger partial charge in [0.1, 0.15) is 11.9 Å². The normalized spacial score (nSPS) is 18.5. The van der Waals surface area contributed by atoms with Crippen molar-refractivity contribution in [3.8, 4) is 16.9 Å². The Kier molecular flexibility index (Phi) is 8.70. The van der Waals surface area contributed by atoms with E-state index < -0.39 is 35.4 Å². The summed E-state index contributed by atoms with van der Waals surface area (Å²) in [5, 5.41) is 0. The van der Waals surface area contributed by atoms with Crippen molar-refractivity contribution in [1.29, 1.82) is 0 Å². The number of halogens is 3. The predicted octanol–water partition coefficient (Wildman–Crippen LogP) is 6.61. The Morgan fingerprint density at radius 2 is 1.80 bits per heavy atom.